The number of amides is 5. The number of carbonyl (C=O) groups excluding carboxylic acids is 6. The van der Waals surface area contributed by atoms with Crippen LogP contribution < -0.4 is 26.6 Å². The second-order valence-corrected chi connectivity index (χ2v) is 14.5. The maximum atomic E-state index is 13.8. The van der Waals surface area contributed by atoms with Gasteiger partial charge in [0.15, 0.2) is 0 Å². The van der Waals surface area contributed by atoms with Gasteiger partial charge in [-0.25, -0.2) is 4.79 Å². The molecule has 0 radical (unpaired) electrons. The third kappa shape index (κ3) is 15.3. The summed E-state index contributed by atoms with van der Waals surface area (Å²) in [5, 5.41) is 13.5. The lowest BCUT2D eigenvalue weighted by molar-refractivity contribution is -0.157. The summed E-state index contributed by atoms with van der Waals surface area (Å²) in [6, 6.07) is 5.03. The molecule has 1 aliphatic rings. The van der Waals surface area contributed by atoms with Crippen molar-refractivity contribution < 1.29 is 33.5 Å². The highest BCUT2D eigenvalue weighted by atomic mass is 16.5. The van der Waals surface area contributed by atoms with E-state index in [1.165, 1.54) is 13.3 Å². The van der Waals surface area contributed by atoms with E-state index in [0.717, 1.165) is 44.1 Å². The fourth-order valence-electron chi connectivity index (χ4n) is 5.90. The average molecular weight is 700 g/mol. The van der Waals surface area contributed by atoms with Gasteiger partial charge in [0.05, 0.1) is 13.0 Å². The molecule has 6 atom stereocenters. The molecule has 1 fully saturated rings. The standard InChI is InChI=1S/C38H61N5O7/c1-8-9-10-11-12-14-17-26(6)31-22-32(44)39-23-33(45)43-34(25(4)5)37(48)41-29(20-24(2)3)36(47)40-27(7)35(46)42-30(38(49)50-31)21-28-18-15-13-16-19-28/h13,15-16,18-19,24-27,29-31,34H,8-12,14,17,20-23H2,1-7H3,(H,39,44)(H,40,47)(H,41,48)(H,42,46)(H,43,45)/t26?,27-,29+,30-,31-,34-/m0/s1. The number of esters is 1. The van der Waals surface area contributed by atoms with Crippen molar-refractivity contribution in [3.05, 3.63) is 35.9 Å². The zero-order valence-electron chi connectivity index (χ0n) is 31.1. The van der Waals surface area contributed by atoms with E-state index in [1.807, 2.05) is 51.1 Å². The molecule has 280 valence electrons. The van der Waals surface area contributed by atoms with Gasteiger partial charge in [-0.3, -0.25) is 24.0 Å². The van der Waals surface area contributed by atoms with Gasteiger partial charge in [-0.05, 0) is 43.1 Å². The lowest BCUT2D eigenvalue weighted by Crippen LogP contribution is -2.58. The minimum Gasteiger partial charge on any atom is -0.460 e. The van der Waals surface area contributed by atoms with Gasteiger partial charge in [-0.2, -0.15) is 0 Å². The molecule has 0 bridgehead atoms. The summed E-state index contributed by atoms with van der Waals surface area (Å²) in [5.41, 5.74) is 0.782. The normalized spacial score (nSPS) is 24.1. The zero-order valence-corrected chi connectivity index (χ0v) is 31.1. The van der Waals surface area contributed by atoms with Crippen LogP contribution in [0.2, 0.25) is 0 Å². The average Bonchev–Trinajstić information content (AvgIpc) is 3.06. The first-order chi connectivity index (χ1) is 23.7. The van der Waals surface area contributed by atoms with Crippen LogP contribution in [0.4, 0.5) is 0 Å². The largest absolute Gasteiger partial charge is 0.460 e. The minimum atomic E-state index is -1.11. The summed E-state index contributed by atoms with van der Waals surface area (Å²) in [4.78, 5) is 80.3. The van der Waals surface area contributed by atoms with Crippen molar-refractivity contribution in [3.63, 3.8) is 0 Å². The highest BCUT2D eigenvalue weighted by Gasteiger charge is 2.34. The van der Waals surface area contributed by atoms with Gasteiger partial charge < -0.3 is 31.3 Å². The lowest BCUT2D eigenvalue weighted by Gasteiger charge is -2.28. The topological polar surface area (TPSA) is 172 Å². The first-order valence-corrected chi connectivity index (χ1v) is 18.4. The van der Waals surface area contributed by atoms with Crippen LogP contribution in [0.25, 0.3) is 0 Å². The Morgan fingerprint density at radius 1 is 0.740 bits per heavy atom. The zero-order chi connectivity index (χ0) is 37.2. The summed E-state index contributed by atoms with van der Waals surface area (Å²) < 4.78 is 6.03. The number of rotatable bonds is 13. The molecular formula is C38H61N5O7. The summed E-state index contributed by atoms with van der Waals surface area (Å²) in [5.74, 6) is -3.99. The van der Waals surface area contributed by atoms with E-state index in [9.17, 15) is 28.8 Å². The molecular weight excluding hydrogens is 638 g/mol. The number of benzene rings is 1. The Labute approximate surface area is 298 Å². The molecule has 1 aromatic rings. The van der Waals surface area contributed by atoms with Crippen LogP contribution >= 0.6 is 0 Å². The van der Waals surface area contributed by atoms with Crippen LogP contribution in [-0.2, 0) is 39.9 Å². The second kappa shape index (κ2) is 22.0. The maximum Gasteiger partial charge on any atom is 0.329 e. The Morgan fingerprint density at radius 3 is 2.02 bits per heavy atom. The van der Waals surface area contributed by atoms with E-state index in [-0.39, 0.29) is 43.6 Å². The van der Waals surface area contributed by atoms with Crippen molar-refractivity contribution in [3.8, 4) is 0 Å². The highest BCUT2D eigenvalue weighted by Crippen LogP contribution is 2.21. The number of carbonyl (C=O) groups is 6. The predicted octanol–water partition coefficient (Wildman–Crippen LogP) is 3.71. The Kier molecular flexibility index (Phi) is 18.6. The number of unbranched alkanes of at least 4 members (excludes halogenated alkanes) is 5. The minimum absolute atomic E-state index is 0.0144. The molecule has 0 aromatic heterocycles. The molecule has 1 heterocycles. The fourth-order valence-corrected chi connectivity index (χ4v) is 5.90. The molecule has 0 aliphatic carbocycles. The molecule has 0 saturated carbocycles. The summed E-state index contributed by atoms with van der Waals surface area (Å²) >= 11 is 0. The van der Waals surface area contributed by atoms with Gasteiger partial charge in [-0.1, -0.05) is 110 Å². The third-order valence-electron chi connectivity index (χ3n) is 8.99. The molecule has 1 saturated heterocycles. The summed E-state index contributed by atoms with van der Waals surface area (Å²) in [7, 11) is 0. The third-order valence-corrected chi connectivity index (χ3v) is 8.99. The summed E-state index contributed by atoms with van der Waals surface area (Å²) in [6.07, 6.45) is 6.65. The number of cyclic esters (lactones) is 1. The van der Waals surface area contributed by atoms with Crippen LogP contribution in [0.15, 0.2) is 30.3 Å². The van der Waals surface area contributed by atoms with Gasteiger partial charge in [-0.15, -0.1) is 0 Å². The van der Waals surface area contributed by atoms with E-state index < -0.39 is 65.8 Å². The summed E-state index contributed by atoms with van der Waals surface area (Å²) in [6.45, 7) is 12.5. The van der Waals surface area contributed by atoms with Crippen molar-refractivity contribution in [1.29, 1.82) is 0 Å². The molecule has 2 rings (SSSR count). The van der Waals surface area contributed by atoms with E-state index in [1.54, 1.807) is 13.8 Å². The van der Waals surface area contributed by atoms with E-state index >= 15 is 0 Å². The number of hydrogen-bond donors (Lipinski definition) is 5. The van der Waals surface area contributed by atoms with Crippen molar-refractivity contribution in [2.24, 2.45) is 17.8 Å². The van der Waals surface area contributed by atoms with Gasteiger partial charge in [0, 0.05) is 6.42 Å². The first kappa shape index (κ1) is 42.2. The van der Waals surface area contributed by atoms with Crippen molar-refractivity contribution >= 4 is 35.5 Å². The van der Waals surface area contributed by atoms with Crippen LogP contribution in [0, 0.1) is 17.8 Å². The maximum absolute atomic E-state index is 13.8. The van der Waals surface area contributed by atoms with Gasteiger partial charge in [0.1, 0.15) is 30.3 Å². The van der Waals surface area contributed by atoms with Gasteiger partial charge >= 0.3 is 5.97 Å². The van der Waals surface area contributed by atoms with Crippen LogP contribution in [0.1, 0.15) is 112 Å². The Balaban J connectivity index is 2.42. The number of nitrogens with one attached hydrogen (secondary N) is 5. The van der Waals surface area contributed by atoms with Gasteiger partial charge in [0.25, 0.3) is 0 Å². The van der Waals surface area contributed by atoms with E-state index in [0.29, 0.717) is 0 Å². The Hall–Kier alpha value is -3.96. The van der Waals surface area contributed by atoms with E-state index in [4.69, 9.17) is 4.74 Å². The number of hydrogen-bond acceptors (Lipinski definition) is 7. The monoisotopic (exact) mass is 699 g/mol. The molecule has 50 heavy (non-hydrogen) atoms. The SMILES string of the molecule is CCCCCCCCC(C)[C@@H]1CC(=O)NCC(=O)N[C@@H](C(C)C)C(=O)N[C@H](CC(C)C)C(=O)N[C@@H](C)C(=O)N[C@@H](Cc2ccccc2)C(=O)O1. The molecule has 5 N–H and O–H groups in total. The Bertz CT molecular complexity index is 1260. The highest BCUT2D eigenvalue weighted by molar-refractivity contribution is 5.95. The fraction of sp³-hybridized carbons (Fsp3) is 0.684. The molecule has 1 aromatic carbocycles. The second-order valence-electron chi connectivity index (χ2n) is 14.5. The van der Waals surface area contributed by atoms with Crippen molar-refractivity contribution in [2.45, 2.75) is 143 Å². The van der Waals surface area contributed by atoms with Crippen LogP contribution in [-0.4, -0.2) is 72.3 Å². The quantitative estimate of drug-likeness (QED) is 0.154. The molecule has 1 unspecified atom stereocenters. The van der Waals surface area contributed by atoms with Crippen molar-refractivity contribution in [2.75, 3.05) is 6.54 Å². The molecule has 12 heteroatoms. The number of ether oxygens (including phenoxy) is 1. The van der Waals surface area contributed by atoms with Gasteiger partial charge in [0.2, 0.25) is 29.5 Å². The molecule has 5 amide bonds. The predicted molar refractivity (Wildman–Crippen MR) is 192 cm³/mol. The lowest BCUT2D eigenvalue weighted by atomic mass is 9.94. The molecule has 12 nitrogen and oxygen atoms in total. The van der Waals surface area contributed by atoms with Crippen LogP contribution in [0.3, 0.4) is 0 Å². The smallest absolute Gasteiger partial charge is 0.329 e. The Morgan fingerprint density at radius 2 is 1.38 bits per heavy atom. The molecule has 1 aliphatic heterocycles. The van der Waals surface area contributed by atoms with Crippen molar-refractivity contribution in [1.82, 2.24) is 26.6 Å². The molecule has 0 spiro atoms. The first-order valence-electron chi connectivity index (χ1n) is 18.4. The van der Waals surface area contributed by atoms with Crippen LogP contribution in [0.5, 0.6) is 0 Å². The van der Waals surface area contributed by atoms with E-state index in [2.05, 4.69) is 33.5 Å².